The molecule has 0 aliphatic heterocycles. The van der Waals surface area contributed by atoms with Gasteiger partial charge in [-0.1, -0.05) is 0 Å². The van der Waals surface area contributed by atoms with Crippen LogP contribution in [0.15, 0.2) is 47.7 Å². The molecule has 3 aromatic rings. The number of nitrogens with one attached hydrogen (secondary N) is 2. The van der Waals surface area contributed by atoms with Crippen molar-refractivity contribution in [3.63, 3.8) is 0 Å². The predicted molar refractivity (Wildman–Crippen MR) is 110 cm³/mol. The number of pyridine rings is 2. The zero-order valence-electron chi connectivity index (χ0n) is 16.7. The van der Waals surface area contributed by atoms with Gasteiger partial charge in [-0.25, -0.2) is 9.97 Å². The van der Waals surface area contributed by atoms with Crippen LogP contribution in [0.5, 0.6) is 5.75 Å². The van der Waals surface area contributed by atoms with Crippen LogP contribution in [0.25, 0.3) is 5.69 Å². The van der Waals surface area contributed by atoms with Gasteiger partial charge in [0, 0.05) is 18.2 Å². The second-order valence-electron chi connectivity index (χ2n) is 7.27. The van der Waals surface area contributed by atoms with E-state index in [1.54, 1.807) is 18.3 Å². The molecule has 0 unspecified atom stereocenters. The lowest BCUT2D eigenvalue weighted by molar-refractivity contribution is -0.0502. The van der Waals surface area contributed by atoms with Gasteiger partial charge in [0.2, 0.25) is 5.95 Å². The summed E-state index contributed by atoms with van der Waals surface area (Å²) in [4.78, 5) is 20.7. The highest BCUT2D eigenvalue weighted by Gasteiger charge is 2.25. The second kappa shape index (κ2) is 9.02. The molecule has 9 nitrogen and oxygen atoms in total. The Labute approximate surface area is 176 Å². The summed E-state index contributed by atoms with van der Waals surface area (Å²) in [6.45, 7) is -1.13. The molecule has 0 amide bonds. The molecule has 1 aliphatic carbocycles. The second-order valence-corrected chi connectivity index (χ2v) is 7.27. The summed E-state index contributed by atoms with van der Waals surface area (Å²) in [7, 11) is 0. The van der Waals surface area contributed by atoms with Gasteiger partial charge < -0.3 is 15.4 Å². The molecule has 11 heteroatoms. The minimum absolute atomic E-state index is 0.103. The zero-order valence-corrected chi connectivity index (χ0v) is 16.7. The number of ether oxygens (including phenoxy) is 1. The van der Waals surface area contributed by atoms with Gasteiger partial charge in [-0.15, -0.1) is 5.10 Å². The maximum absolute atomic E-state index is 12.4. The molecular formula is C20H21F2N7O2. The maximum Gasteiger partial charge on any atom is 0.387 e. The van der Waals surface area contributed by atoms with Gasteiger partial charge in [-0.05, 0) is 44.4 Å². The van der Waals surface area contributed by atoms with Crippen LogP contribution >= 0.6 is 0 Å². The fraction of sp³-hybridized carbons (Fsp3) is 0.350. The molecule has 1 saturated carbocycles. The van der Waals surface area contributed by atoms with Gasteiger partial charge in [0.05, 0.1) is 30.0 Å². The van der Waals surface area contributed by atoms with Crippen molar-refractivity contribution in [2.45, 2.75) is 44.9 Å². The normalized spacial score (nSPS) is 18.2. The number of aryl methyl sites for hydroxylation is 1. The topological polar surface area (TPSA) is 107 Å². The first-order chi connectivity index (χ1) is 15.0. The SMILES string of the molecule is Cc1cnc(N[C@H]2CC[C@H](Nc3ccc(-n4cc(OC(F)F)ccc4=O)cn3)C2)nn1. The van der Waals surface area contributed by atoms with Crippen molar-refractivity contribution < 1.29 is 13.5 Å². The van der Waals surface area contributed by atoms with Gasteiger partial charge in [0.15, 0.2) is 0 Å². The average Bonchev–Trinajstić information content (AvgIpc) is 3.18. The molecule has 0 aromatic carbocycles. The monoisotopic (exact) mass is 429 g/mol. The summed E-state index contributed by atoms with van der Waals surface area (Å²) >= 11 is 0. The van der Waals surface area contributed by atoms with Crippen LogP contribution in [0.2, 0.25) is 0 Å². The molecule has 0 saturated heterocycles. The molecule has 0 radical (unpaired) electrons. The van der Waals surface area contributed by atoms with E-state index in [1.807, 2.05) is 6.92 Å². The van der Waals surface area contributed by atoms with Gasteiger partial charge in [0.25, 0.3) is 5.56 Å². The van der Waals surface area contributed by atoms with E-state index in [4.69, 9.17) is 0 Å². The lowest BCUT2D eigenvalue weighted by Crippen LogP contribution is -2.22. The van der Waals surface area contributed by atoms with Crippen molar-refractivity contribution in [1.82, 2.24) is 24.7 Å². The van der Waals surface area contributed by atoms with Crippen molar-refractivity contribution in [3.05, 3.63) is 58.9 Å². The summed E-state index contributed by atoms with van der Waals surface area (Å²) in [6.07, 6.45) is 7.17. The Balaban J connectivity index is 1.37. The van der Waals surface area contributed by atoms with E-state index in [9.17, 15) is 13.6 Å². The van der Waals surface area contributed by atoms with E-state index >= 15 is 0 Å². The van der Waals surface area contributed by atoms with Crippen molar-refractivity contribution in [1.29, 1.82) is 0 Å². The molecule has 3 heterocycles. The fourth-order valence-corrected chi connectivity index (χ4v) is 3.49. The molecule has 31 heavy (non-hydrogen) atoms. The Morgan fingerprint density at radius 1 is 1.06 bits per heavy atom. The third kappa shape index (κ3) is 5.30. The molecular weight excluding hydrogens is 408 g/mol. The Morgan fingerprint density at radius 2 is 1.87 bits per heavy atom. The largest absolute Gasteiger partial charge is 0.433 e. The summed E-state index contributed by atoms with van der Waals surface area (Å²) in [5.41, 5.74) is 0.841. The van der Waals surface area contributed by atoms with Crippen LogP contribution in [0, 0.1) is 6.92 Å². The van der Waals surface area contributed by atoms with Crippen molar-refractivity contribution >= 4 is 11.8 Å². The zero-order chi connectivity index (χ0) is 21.8. The highest BCUT2D eigenvalue weighted by atomic mass is 19.3. The Kier molecular flexibility index (Phi) is 6.01. The maximum atomic E-state index is 12.4. The number of halogens is 2. The number of aromatic nitrogens is 5. The number of hydrogen-bond acceptors (Lipinski definition) is 8. The van der Waals surface area contributed by atoms with Gasteiger partial charge in [-0.3, -0.25) is 9.36 Å². The van der Waals surface area contributed by atoms with E-state index in [-0.39, 0.29) is 23.4 Å². The molecule has 162 valence electrons. The minimum atomic E-state index is -2.96. The van der Waals surface area contributed by atoms with Crippen molar-refractivity contribution in [2.75, 3.05) is 10.6 Å². The smallest absolute Gasteiger partial charge is 0.387 e. The standard InChI is InChI=1S/C20H21F2N7O2/c1-12-9-24-20(28-27-12)26-14-3-2-13(8-14)25-17-6-4-15(10-23-17)29-11-16(31-19(21)22)5-7-18(29)30/h4-7,9-11,13-14,19H,2-3,8H2,1H3,(H,23,25)(H,24,26,28)/t13-,14-/m0/s1. The lowest BCUT2D eigenvalue weighted by Gasteiger charge is -2.15. The molecule has 1 aliphatic rings. The molecule has 0 spiro atoms. The van der Waals surface area contributed by atoms with Crippen molar-refractivity contribution in [2.24, 2.45) is 0 Å². The van der Waals surface area contributed by atoms with Crippen LogP contribution in [-0.2, 0) is 0 Å². The number of nitrogens with zero attached hydrogens (tertiary/aromatic N) is 5. The van der Waals surface area contributed by atoms with E-state index in [2.05, 4.69) is 35.5 Å². The number of alkyl halides is 2. The van der Waals surface area contributed by atoms with E-state index in [1.165, 1.54) is 29.1 Å². The molecule has 0 bridgehead atoms. The summed E-state index contributed by atoms with van der Waals surface area (Å²) in [5.74, 6) is 1.08. The first-order valence-electron chi connectivity index (χ1n) is 9.79. The highest BCUT2D eigenvalue weighted by Crippen LogP contribution is 2.24. The molecule has 1 fully saturated rings. The molecule has 4 rings (SSSR count). The molecule has 2 N–H and O–H groups in total. The third-order valence-corrected chi connectivity index (χ3v) is 4.93. The third-order valence-electron chi connectivity index (χ3n) is 4.93. The molecule has 2 atom stereocenters. The van der Waals surface area contributed by atoms with Crippen LogP contribution in [0.3, 0.4) is 0 Å². The average molecular weight is 429 g/mol. The van der Waals surface area contributed by atoms with E-state index in [0.717, 1.165) is 25.0 Å². The van der Waals surface area contributed by atoms with Crippen LogP contribution in [0.1, 0.15) is 25.0 Å². The Hall–Kier alpha value is -3.63. The van der Waals surface area contributed by atoms with E-state index < -0.39 is 6.61 Å². The van der Waals surface area contributed by atoms with Crippen LogP contribution < -0.4 is 20.9 Å². The summed E-state index contributed by atoms with van der Waals surface area (Å²) < 4.78 is 30.4. The Morgan fingerprint density at radius 3 is 2.55 bits per heavy atom. The predicted octanol–water partition coefficient (Wildman–Crippen LogP) is 2.77. The van der Waals surface area contributed by atoms with Gasteiger partial charge >= 0.3 is 6.61 Å². The quantitative estimate of drug-likeness (QED) is 0.591. The number of anilines is 2. The highest BCUT2D eigenvalue weighted by molar-refractivity contribution is 5.42. The summed E-state index contributed by atoms with van der Waals surface area (Å²) in [5, 5.41) is 14.7. The summed E-state index contributed by atoms with van der Waals surface area (Å²) in [6, 6.07) is 6.27. The first-order valence-corrected chi connectivity index (χ1v) is 9.79. The minimum Gasteiger partial charge on any atom is -0.433 e. The Bertz CT molecular complexity index is 1070. The van der Waals surface area contributed by atoms with Crippen LogP contribution in [0.4, 0.5) is 20.5 Å². The van der Waals surface area contributed by atoms with E-state index in [0.29, 0.717) is 17.5 Å². The number of rotatable bonds is 7. The van der Waals surface area contributed by atoms with Crippen molar-refractivity contribution in [3.8, 4) is 11.4 Å². The number of hydrogen-bond donors (Lipinski definition) is 2. The lowest BCUT2D eigenvalue weighted by atomic mass is 10.2. The fourth-order valence-electron chi connectivity index (χ4n) is 3.49. The molecule has 3 aromatic heterocycles. The van der Waals surface area contributed by atoms with Gasteiger partial charge in [0.1, 0.15) is 11.6 Å². The van der Waals surface area contributed by atoms with Gasteiger partial charge in [-0.2, -0.15) is 13.9 Å². The van der Waals surface area contributed by atoms with Crippen LogP contribution in [-0.4, -0.2) is 43.4 Å². The first kappa shape index (κ1) is 20.6.